The molecule has 1 amide bonds. The Bertz CT molecular complexity index is 1160. The average Bonchev–Trinajstić information content (AvgIpc) is 3.43. The largest absolute Gasteiger partial charge is 0.339 e. The fraction of sp³-hybridized carbons (Fsp3) is 0.250. The Hall–Kier alpha value is -3.32. The molecule has 0 saturated heterocycles. The number of aromatic nitrogens is 4. The van der Waals surface area contributed by atoms with E-state index in [1.807, 2.05) is 45.2 Å². The van der Waals surface area contributed by atoms with Crippen molar-refractivity contribution in [3.8, 4) is 16.9 Å². The molecule has 0 aliphatic carbocycles. The Morgan fingerprint density at radius 1 is 1.10 bits per heavy atom. The normalized spacial score (nSPS) is 12.0. The van der Waals surface area contributed by atoms with Crippen molar-refractivity contribution in [3.63, 3.8) is 0 Å². The van der Waals surface area contributed by atoms with E-state index >= 15 is 0 Å². The summed E-state index contributed by atoms with van der Waals surface area (Å²) in [7, 11) is 1.86. The van der Waals surface area contributed by atoms with Crippen molar-refractivity contribution >= 4 is 17.2 Å². The maximum atomic E-state index is 13.1. The van der Waals surface area contributed by atoms with E-state index in [9.17, 15) is 4.79 Å². The van der Waals surface area contributed by atoms with Gasteiger partial charge in [-0.2, -0.15) is 5.10 Å². The third kappa shape index (κ3) is 4.56. The average molecular weight is 432 g/mol. The van der Waals surface area contributed by atoms with Gasteiger partial charge in [0.25, 0.3) is 0 Å². The second kappa shape index (κ2) is 8.81. The standard InChI is InChI=1S/C24H25N5OS/c1-16-5-7-20(8-6-16)24-22(31-18(3)27-24)13-23(30)28(4)17(2)19-9-11-21(12-10-19)29-15-25-14-26-29/h5-12,14-15,17H,13H2,1-4H3/t17-/m0/s1. The van der Waals surface area contributed by atoms with Crippen LogP contribution >= 0.6 is 11.3 Å². The summed E-state index contributed by atoms with van der Waals surface area (Å²) in [4.78, 5) is 24.6. The molecule has 4 aromatic rings. The molecule has 0 spiro atoms. The highest BCUT2D eigenvalue weighted by Gasteiger charge is 2.21. The number of hydrogen-bond donors (Lipinski definition) is 0. The molecular weight excluding hydrogens is 406 g/mol. The quantitative estimate of drug-likeness (QED) is 0.441. The molecule has 7 heteroatoms. The minimum Gasteiger partial charge on any atom is -0.339 e. The monoisotopic (exact) mass is 431 g/mol. The molecule has 0 N–H and O–H groups in total. The SMILES string of the molecule is Cc1ccc(-c2nc(C)sc2CC(=O)N(C)[C@@H](C)c2ccc(-n3cncn3)cc2)cc1. The zero-order valence-electron chi connectivity index (χ0n) is 18.1. The van der Waals surface area contributed by atoms with Gasteiger partial charge in [0.2, 0.25) is 5.91 Å². The first kappa shape index (κ1) is 20.9. The molecule has 0 aliphatic rings. The van der Waals surface area contributed by atoms with Crippen LogP contribution in [0.1, 0.15) is 34.0 Å². The van der Waals surface area contributed by atoms with Gasteiger partial charge in [-0.05, 0) is 38.5 Å². The summed E-state index contributed by atoms with van der Waals surface area (Å²) in [6, 6.07) is 16.3. The van der Waals surface area contributed by atoms with Crippen molar-refractivity contribution in [2.75, 3.05) is 7.05 Å². The highest BCUT2D eigenvalue weighted by Crippen LogP contribution is 2.30. The molecule has 0 aliphatic heterocycles. The molecule has 0 saturated carbocycles. The van der Waals surface area contributed by atoms with Crippen LogP contribution in [-0.4, -0.2) is 37.6 Å². The molecule has 0 fully saturated rings. The molecule has 6 nitrogen and oxygen atoms in total. The van der Waals surface area contributed by atoms with Gasteiger partial charge in [0, 0.05) is 17.5 Å². The molecule has 2 heterocycles. The van der Waals surface area contributed by atoms with Crippen molar-refractivity contribution in [1.29, 1.82) is 0 Å². The van der Waals surface area contributed by atoms with Crippen molar-refractivity contribution < 1.29 is 4.79 Å². The molecule has 158 valence electrons. The maximum Gasteiger partial charge on any atom is 0.228 e. The first-order valence-electron chi connectivity index (χ1n) is 10.2. The fourth-order valence-electron chi connectivity index (χ4n) is 3.47. The van der Waals surface area contributed by atoms with Crippen molar-refractivity contribution in [2.24, 2.45) is 0 Å². The van der Waals surface area contributed by atoms with Crippen LogP contribution in [0.5, 0.6) is 0 Å². The van der Waals surface area contributed by atoms with Crippen LogP contribution in [0.25, 0.3) is 16.9 Å². The number of rotatable bonds is 6. The lowest BCUT2D eigenvalue weighted by atomic mass is 10.1. The Balaban J connectivity index is 1.49. The van der Waals surface area contributed by atoms with Crippen molar-refractivity contribution in [1.82, 2.24) is 24.6 Å². The molecule has 1 atom stereocenters. The number of amides is 1. The van der Waals surface area contributed by atoms with E-state index in [4.69, 9.17) is 4.98 Å². The van der Waals surface area contributed by atoms with E-state index in [0.29, 0.717) is 6.42 Å². The second-order valence-electron chi connectivity index (χ2n) is 7.66. The second-order valence-corrected chi connectivity index (χ2v) is 8.95. The van der Waals surface area contributed by atoms with Crippen LogP contribution in [0.2, 0.25) is 0 Å². The van der Waals surface area contributed by atoms with E-state index in [1.165, 1.54) is 11.9 Å². The minimum atomic E-state index is -0.0471. The number of carbonyl (C=O) groups is 1. The summed E-state index contributed by atoms with van der Waals surface area (Å²) >= 11 is 1.59. The van der Waals surface area contributed by atoms with Gasteiger partial charge in [-0.1, -0.05) is 42.0 Å². The number of hydrogen-bond acceptors (Lipinski definition) is 5. The summed E-state index contributed by atoms with van der Waals surface area (Å²) in [6.45, 7) is 6.09. The number of nitrogens with zero attached hydrogens (tertiary/aromatic N) is 5. The van der Waals surface area contributed by atoms with Gasteiger partial charge < -0.3 is 4.90 Å². The van der Waals surface area contributed by atoms with Crippen molar-refractivity contribution in [3.05, 3.63) is 82.2 Å². The summed E-state index contributed by atoms with van der Waals surface area (Å²) in [5.41, 5.74) is 5.17. The molecule has 0 unspecified atom stereocenters. The smallest absolute Gasteiger partial charge is 0.228 e. The van der Waals surface area contributed by atoms with E-state index in [2.05, 4.69) is 41.3 Å². The number of aryl methyl sites for hydroxylation is 2. The van der Waals surface area contributed by atoms with E-state index in [1.54, 1.807) is 27.2 Å². The Labute approximate surface area is 186 Å². The fourth-order valence-corrected chi connectivity index (χ4v) is 4.42. The number of carbonyl (C=O) groups excluding carboxylic acids is 1. The lowest BCUT2D eigenvalue weighted by Crippen LogP contribution is -2.30. The summed E-state index contributed by atoms with van der Waals surface area (Å²) < 4.78 is 1.71. The Morgan fingerprint density at radius 2 is 1.81 bits per heavy atom. The molecule has 4 rings (SSSR count). The first-order chi connectivity index (χ1) is 14.9. The zero-order chi connectivity index (χ0) is 22.0. The Morgan fingerprint density at radius 3 is 2.45 bits per heavy atom. The van der Waals surface area contributed by atoms with Gasteiger partial charge in [0.1, 0.15) is 12.7 Å². The third-order valence-electron chi connectivity index (χ3n) is 5.47. The summed E-state index contributed by atoms with van der Waals surface area (Å²) in [6.07, 6.45) is 3.51. The predicted molar refractivity (Wildman–Crippen MR) is 123 cm³/mol. The lowest BCUT2D eigenvalue weighted by molar-refractivity contribution is -0.131. The van der Waals surface area contributed by atoms with Crippen LogP contribution in [0.3, 0.4) is 0 Å². The lowest BCUT2D eigenvalue weighted by Gasteiger charge is -2.25. The van der Waals surface area contributed by atoms with E-state index in [-0.39, 0.29) is 11.9 Å². The Kier molecular flexibility index (Phi) is 5.95. The van der Waals surface area contributed by atoms with Crippen LogP contribution in [0, 0.1) is 13.8 Å². The predicted octanol–water partition coefficient (Wildman–Crippen LogP) is 4.77. The van der Waals surface area contributed by atoms with Gasteiger partial charge in [0.15, 0.2) is 0 Å². The van der Waals surface area contributed by atoms with Gasteiger partial charge in [-0.25, -0.2) is 14.6 Å². The van der Waals surface area contributed by atoms with Crippen LogP contribution in [0.4, 0.5) is 0 Å². The highest BCUT2D eigenvalue weighted by atomic mass is 32.1. The van der Waals surface area contributed by atoms with Crippen LogP contribution in [0.15, 0.2) is 61.2 Å². The topological polar surface area (TPSA) is 63.9 Å². The first-order valence-corrected chi connectivity index (χ1v) is 11.0. The summed E-state index contributed by atoms with van der Waals surface area (Å²) in [5.74, 6) is 0.0739. The number of likely N-dealkylation sites (N-methyl/N-ethyl adjacent to an activating group) is 1. The van der Waals surface area contributed by atoms with Gasteiger partial charge in [0.05, 0.1) is 28.9 Å². The van der Waals surface area contributed by atoms with Crippen LogP contribution in [-0.2, 0) is 11.2 Å². The maximum absolute atomic E-state index is 13.1. The van der Waals surface area contributed by atoms with Gasteiger partial charge in [-0.3, -0.25) is 4.79 Å². The molecule has 31 heavy (non-hydrogen) atoms. The number of benzene rings is 2. The molecule has 0 bridgehead atoms. The van der Waals surface area contributed by atoms with Gasteiger partial charge in [-0.15, -0.1) is 11.3 Å². The van der Waals surface area contributed by atoms with Crippen LogP contribution < -0.4 is 0 Å². The van der Waals surface area contributed by atoms with E-state index < -0.39 is 0 Å². The molecule has 2 aromatic carbocycles. The zero-order valence-corrected chi connectivity index (χ0v) is 18.9. The molecular formula is C24H25N5OS. The minimum absolute atomic E-state index is 0.0471. The molecule has 2 aromatic heterocycles. The summed E-state index contributed by atoms with van der Waals surface area (Å²) in [5, 5.41) is 5.12. The van der Waals surface area contributed by atoms with E-state index in [0.717, 1.165) is 32.4 Å². The van der Waals surface area contributed by atoms with Gasteiger partial charge >= 0.3 is 0 Å². The highest BCUT2D eigenvalue weighted by molar-refractivity contribution is 7.12. The number of thiazole rings is 1. The van der Waals surface area contributed by atoms with Crippen molar-refractivity contribution in [2.45, 2.75) is 33.2 Å². The molecule has 0 radical (unpaired) electrons. The third-order valence-corrected chi connectivity index (χ3v) is 6.44.